The van der Waals surface area contributed by atoms with E-state index in [1.54, 1.807) is 0 Å². The van der Waals surface area contributed by atoms with Gasteiger partial charge in [-0.25, -0.2) is 0 Å². The van der Waals surface area contributed by atoms with Crippen LogP contribution in [0.3, 0.4) is 0 Å². The summed E-state index contributed by atoms with van der Waals surface area (Å²) in [7, 11) is 0. The minimum atomic E-state index is 0.611. The van der Waals surface area contributed by atoms with E-state index in [0.717, 1.165) is 12.5 Å². The van der Waals surface area contributed by atoms with Crippen LogP contribution < -0.4 is 0 Å². The molecule has 0 aromatic rings. The highest BCUT2D eigenvalue weighted by Gasteiger charge is 2.28. The molecule has 9 heavy (non-hydrogen) atoms. The van der Waals surface area contributed by atoms with Crippen LogP contribution in [0.4, 0.5) is 0 Å². The quantitative estimate of drug-likeness (QED) is 0.566. The Kier molecular flexibility index (Phi) is 2.52. The van der Waals surface area contributed by atoms with Crippen LogP contribution in [0.1, 0.15) is 33.1 Å². The summed E-state index contributed by atoms with van der Waals surface area (Å²) in [4.78, 5) is 0. The maximum Gasteiger partial charge on any atom is 0.0625 e. The van der Waals surface area contributed by atoms with E-state index in [9.17, 15) is 0 Å². The van der Waals surface area contributed by atoms with Crippen LogP contribution in [-0.2, 0) is 4.74 Å². The Morgan fingerprint density at radius 1 is 1.44 bits per heavy atom. The summed E-state index contributed by atoms with van der Waals surface area (Å²) in [6.07, 6.45) is 4.43. The number of ether oxygens (including phenoxy) is 1. The van der Waals surface area contributed by atoms with Crippen LogP contribution in [0.25, 0.3) is 0 Å². The zero-order valence-electron chi connectivity index (χ0n) is 6.39. The molecule has 0 N–H and O–H groups in total. The van der Waals surface area contributed by atoms with E-state index in [0.29, 0.717) is 6.10 Å². The summed E-state index contributed by atoms with van der Waals surface area (Å²) >= 11 is 0. The highest BCUT2D eigenvalue weighted by atomic mass is 16.5. The van der Waals surface area contributed by atoms with Crippen molar-refractivity contribution in [1.82, 2.24) is 0 Å². The highest BCUT2D eigenvalue weighted by molar-refractivity contribution is 4.76. The molecule has 0 bridgehead atoms. The van der Waals surface area contributed by atoms with Crippen molar-refractivity contribution in [3.63, 3.8) is 0 Å². The monoisotopic (exact) mass is 128 g/mol. The third kappa shape index (κ3) is 1.45. The van der Waals surface area contributed by atoms with Gasteiger partial charge in [-0.15, -0.1) is 0 Å². The van der Waals surface area contributed by atoms with Gasteiger partial charge in [0.25, 0.3) is 0 Å². The Bertz CT molecular complexity index is 78.6. The predicted octanol–water partition coefficient (Wildman–Crippen LogP) is 2.21. The first-order valence-corrected chi connectivity index (χ1v) is 4.00. The molecule has 1 aliphatic heterocycles. The molecule has 0 aromatic heterocycles. The van der Waals surface area contributed by atoms with Gasteiger partial charge in [0.1, 0.15) is 0 Å². The zero-order chi connectivity index (χ0) is 6.69. The smallest absolute Gasteiger partial charge is 0.0625 e. The number of hydrogen-bond acceptors (Lipinski definition) is 1. The van der Waals surface area contributed by atoms with Gasteiger partial charge in [0, 0.05) is 5.92 Å². The van der Waals surface area contributed by atoms with Crippen LogP contribution in [0.2, 0.25) is 0 Å². The molecule has 0 radical (unpaired) electrons. The van der Waals surface area contributed by atoms with Crippen molar-refractivity contribution in [2.75, 3.05) is 6.61 Å². The minimum absolute atomic E-state index is 0.611. The normalized spacial score (nSPS) is 34.0. The molecule has 54 valence electrons. The van der Waals surface area contributed by atoms with E-state index in [1.807, 2.05) is 0 Å². The maximum absolute atomic E-state index is 5.37. The van der Waals surface area contributed by atoms with Gasteiger partial charge in [0.05, 0.1) is 12.7 Å². The van der Waals surface area contributed by atoms with Gasteiger partial charge in [-0.05, 0) is 12.8 Å². The van der Waals surface area contributed by atoms with Crippen LogP contribution in [0.5, 0.6) is 0 Å². The molecule has 1 rings (SSSR count). The van der Waals surface area contributed by atoms with Crippen molar-refractivity contribution >= 4 is 0 Å². The molecule has 1 saturated heterocycles. The Hall–Kier alpha value is -0.0400. The van der Waals surface area contributed by atoms with Gasteiger partial charge >= 0.3 is 0 Å². The fourth-order valence-corrected chi connectivity index (χ4v) is 1.35. The summed E-state index contributed by atoms with van der Waals surface area (Å²) in [6, 6.07) is 0. The predicted molar refractivity (Wildman–Crippen MR) is 38.4 cm³/mol. The average Bonchev–Trinajstić information content (AvgIpc) is 1.82. The van der Waals surface area contributed by atoms with Crippen LogP contribution >= 0.6 is 0 Å². The van der Waals surface area contributed by atoms with E-state index in [4.69, 9.17) is 4.74 Å². The minimum Gasteiger partial charge on any atom is -0.377 e. The number of rotatable bonds is 3. The lowest BCUT2D eigenvalue weighted by Crippen LogP contribution is -2.38. The molecular weight excluding hydrogens is 112 g/mol. The van der Waals surface area contributed by atoms with Crippen molar-refractivity contribution in [2.24, 2.45) is 5.92 Å². The SMILES string of the molecule is CCCC1OCC1CC. The Labute approximate surface area is 57.4 Å². The highest BCUT2D eigenvalue weighted by Crippen LogP contribution is 2.26. The lowest BCUT2D eigenvalue weighted by molar-refractivity contribution is -0.118. The van der Waals surface area contributed by atoms with Crippen LogP contribution in [0.15, 0.2) is 0 Å². The first-order chi connectivity index (χ1) is 4.38. The van der Waals surface area contributed by atoms with E-state index >= 15 is 0 Å². The van der Waals surface area contributed by atoms with E-state index < -0.39 is 0 Å². The molecule has 1 heteroatoms. The van der Waals surface area contributed by atoms with Gasteiger partial charge in [-0.1, -0.05) is 20.3 Å². The average molecular weight is 128 g/mol. The van der Waals surface area contributed by atoms with Crippen LogP contribution in [-0.4, -0.2) is 12.7 Å². The Balaban J connectivity index is 2.11. The standard InChI is InChI=1S/C8H16O/c1-3-5-8-7(4-2)6-9-8/h7-8H,3-6H2,1-2H3. The van der Waals surface area contributed by atoms with Crippen molar-refractivity contribution in [1.29, 1.82) is 0 Å². The molecule has 0 amide bonds. The second kappa shape index (κ2) is 3.21. The Morgan fingerprint density at radius 3 is 2.56 bits per heavy atom. The number of hydrogen-bond donors (Lipinski definition) is 0. The first-order valence-electron chi connectivity index (χ1n) is 4.00. The fourth-order valence-electron chi connectivity index (χ4n) is 1.35. The molecule has 0 aliphatic carbocycles. The van der Waals surface area contributed by atoms with Gasteiger partial charge in [-0.3, -0.25) is 0 Å². The zero-order valence-corrected chi connectivity index (χ0v) is 6.39. The van der Waals surface area contributed by atoms with Crippen molar-refractivity contribution in [3.05, 3.63) is 0 Å². The molecule has 1 nitrogen and oxygen atoms in total. The van der Waals surface area contributed by atoms with Crippen molar-refractivity contribution < 1.29 is 4.74 Å². The lowest BCUT2D eigenvalue weighted by atomic mass is 9.92. The van der Waals surface area contributed by atoms with Crippen molar-refractivity contribution in [3.8, 4) is 0 Å². The van der Waals surface area contributed by atoms with E-state index in [2.05, 4.69) is 13.8 Å². The molecule has 0 saturated carbocycles. The summed E-state index contributed by atoms with van der Waals surface area (Å²) in [5, 5.41) is 0. The molecule has 2 unspecified atom stereocenters. The molecule has 1 aliphatic rings. The third-order valence-corrected chi connectivity index (χ3v) is 2.15. The van der Waals surface area contributed by atoms with E-state index in [1.165, 1.54) is 19.3 Å². The van der Waals surface area contributed by atoms with Crippen LogP contribution in [0, 0.1) is 5.92 Å². The Morgan fingerprint density at radius 2 is 2.22 bits per heavy atom. The second-order valence-corrected chi connectivity index (χ2v) is 2.83. The summed E-state index contributed by atoms with van der Waals surface area (Å²) in [6.45, 7) is 5.48. The van der Waals surface area contributed by atoms with Gasteiger partial charge in [0.2, 0.25) is 0 Å². The van der Waals surface area contributed by atoms with Crippen molar-refractivity contribution in [2.45, 2.75) is 39.2 Å². The maximum atomic E-state index is 5.37. The van der Waals surface area contributed by atoms with Gasteiger partial charge < -0.3 is 4.74 Å². The second-order valence-electron chi connectivity index (χ2n) is 2.83. The first kappa shape index (κ1) is 7.07. The summed E-state index contributed by atoms with van der Waals surface area (Å²) in [5.41, 5.74) is 0. The molecule has 0 aromatic carbocycles. The molecule has 1 heterocycles. The molecule has 2 atom stereocenters. The molecule has 1 fully saturated rings. The van der Waals surface area contributed by atoms with Gasteiger partial charge in [-0.2, -0.15) is 0 Å². The largest absolute Gasteiger partial charge is 0.377 e. The fraction of sp³-hybridized carbons (Fsp3) is 1.00. The molecular formula is C8H16O. The van der Waals surface area contributed by atoms with Gasteiger partial charge in [0.15, 0.2) is 0 Å². The molecule has 0 spiro atoms. The lowest BCUT2D eigenvalue weighted by Gasteiger charge is -2.36. The van der Waals surface area contributed by atoms with E-state index in [-0.39, 0.29) is 0 Å². The third-order valence-electron chi connectivity index (χ3n) is 2.15. The summed E-state index contributed by atoms with van der Waals surface area (Å²) < 4.78 is 5.37. The summed E-state index contributed by atoms with van der Waals surface area (Å²) in [5.74, 6) is 0.880. The topological polar surface area (TPSA) is 9.23 Å².